The molecule has 4 heteroatoms. The molecule has 1 aromatic heterocycles. The van der Waals surface area contributed by atoms with Gasteiger partial charge in [-0.1, -0.05) is 54.6 Å². The molecular weight excluding hydrogens is 312 g/mol. The van der Waals surface area contributed by atoms with E-state index < -0.39 is 5.97 Å². The van der Waals surface area contributed by atoms with E-state index in [0.29, 0.717) is 11.4 Å². The van der Waals surface area contributed by atoms with Crippen LogP contribution < -0.4 is 4.74 Å². The molecule has 0 saturated carbocycles. The van der Waals surface area contributed by atoms with Crippen LogP contribution in [0, 0.1) is 0 Å². The van der Waals surface area contributed by atoms with Crippen LogP contribution in [-0.4, -0.2) is 15.5 Å². The number of carbonyl (C=O) groups is 1. The van der Waals surface area contributed by atoms with Crippen molar-refractivity contribution in [3.05, 3.63) is 91.0 Å². The molecule has 0 aliphatic heterocycles. The van der Waals surface area contributed by atoms with Gasteiger partial charge in [0.1, 0.15) is 5.75 Å². The van der Waals surface area contributed by atoms with Crippen molar-refractivity contribution in [2.45, 2.75) is 0 Å². The van der Waals surface area contributed by atoms with Gasteiger partial charge in [-0.25, -0.2) is 9.78 Å². The molecule has 0 amide bonds. The fourth-order valence-electron chi connectivity index (χ4n) is 2.32. The van der Waals surface area contributed by atoms with Gasteiger partial charge in [0.15, 0.2) is 0 Å². The van der Waals surface area contributed by atoms with Crippen molar-refractivity contribution >= 4 is 22.8 Å². The minimum atomic E-state index is -0.449. The van der Waals surface area contributed by atoms with Gasteiger partial charge in [-0.3, -0.25) is 0 Å². The number of hydrogen-bond acceptors (Lipinski definition) is 3. The second kappa shape index (κ2) is 7.93. The number of esters is 1. The quantitative estimate of drug-likeness (QED) is 0.531. The van der Waals surface area contributed by atoms with Crippen molar-refractivity contribution in [1.29, 1.82) is 0 Å². The standard InChI is InChI=1S/C21H18N2O2/c1-23-15-19(22-16-23)12-13-21(24)25-20-11-5-3-2-4-8-17-9-6-7-10-18(17)14-20/h2-16H,1H3/b3-2?,4-2?,5-3?,8-4?,11-5?,13-12-,17-8?,18-14?,20-11?,20-14?. The normalized spacial score (nSPS) is 10.6. The molecule has 0 aliphatic carbocycles. The zero-order valence-corrected chi connectivity index (χ0v) is 13.9. The number of rotatable bonds is 3. The number of fused-ring (bicyclic) bond motifs is 1. The number of benzene rings is 1. The van der Waals surface area contributed by atoms with Gasteiger partial charge in [-0.15, -0.1) is 0 Å². The average Bonchev–Trinajstić information content (AvgIpc) is 3.03. The molecule has 0 spiro atoms. The largest absolute Gasteiger partial charge is 0.423 e. The third kappa shape index (κ3) is 4.78. The number of aromatic nitrogens is 2. The maximum Gasteiger partial charge on any atom is 0.336 e. The number of ether oxygens (including phenoxy) is 1. The highest BCUT2D eigenvalue weighted by Gasteiger charge is 2.00. The van der Waals surface area contributed by atoms with E-state index in [4.69, 9.17) is 4.74 Å². The Balaban J connectivity index is 1.89. The van der Waals surface area contributed by atoms with Crippen LogP contribution >= 0.6 is 0 Å². The van der Waals surface area contributed by atoms with Crippen LogP contribution in [0.15, 0.2) is 85.3 Å². The molecule has 0 unspecified atom stereocenters. The summed E-state index contributed by atoms with van der Waals surface area (Å²) in [5.41, 5.74) is 0.702. The van der Waals surface area contributed by atoms with Gasteiger partial charge in [0.2, 0.25) is 0 Å². The first-order chi connectivity index (χ1) is 12.2. The molecule has 4 nitrogen and oxygen atoms in total. The van der Waals surface area contributed by atoms with Gasteiger partial charge < -0.3 is 9.30 Å². The fraction of sp³-hybridized carbons (Fsp3) is 0.0476. The van der Waals surface area contributed by atoms with E-state index in [1.54, 1.807) is 18.5 Å². The van der Waals surface area contributed by atoms with E-state index in [2.05, 4.69) is 4.98 Å². The topological polar surface area (TPSA) is 44.1 Å². The van der Waals surface area contributed by atoms with Crippen LogP contribution in [-0.2, 0) is 11.8 Å². The van der Waals surface area contributed by atoms with Crippen molar-refractivity contribution < 1.29 is 9.53 Å². The second-order valence-corrected chi connectivity index (χ2v) is 5.50. The summed E-state index contributed by atoms with van der Waals surface area (Å²) < 4.78 is 7.28. The highest BCUT2D eigenvalue weighted by Crippen LogP contribution is 2.16. The van der Waals surface area contributed by atoms with Gasteiger partial charge in [0, 0.05) is 19.3 Å². The minimum absolute atomic E-state index is 0.449. The summed E-state index contributed by atoms with van der Waals surface area (Å²) in [7, 11) is 1.87. The Morgan fingerprint density at radius 3 is 2.40 bits per heavy atom. The molecule has 0 aliphatic rings. The lowest BCUT2D eigenvalue weighted by molar-refractivity contribution is -0.128. The molecule has 0 radical (unpaired) electrons. The number of carbonyl (C=O) groups excluding carboxylic acids is 1. The van der Waals surface area contributed by atoms with Crippen molar-refractivity contribution in [1.82, 2.24) is 9.55 Å². The van der Waals surface area contributed by atoms with Crippen LogP contribution in [0.3, 0.4) is 0 Å². The van der Waals surface area contributed by atoms with E-state index in [-0.39, 0.29) is 0 Å². The lowest BCUT2D eigenvalue weighted by Crippen LogP contribution is -2.03. The molecule has 124 valence electrons. The molecule has 2 aromatic carbocycles. The number of imidazole rings is 1. The number of aryl methyl sites for hydroxylation is 1. The first kappa shape index (κ1) is 16.5. The van der Waals surface area contributed by atoms with E-state index in [1.165, 1.54) is 6.08 Å². The Morgan fingerprint density at radius 1 is 1.00 bits per heavy atom. The first-order valence-corrected chi connectivity index (χ1v) is 7.91. The van der Waals surface area contributed by atoms with Gasteiger partial charge >= 0.3 is 5.97 Å². The summed E-state index contributed by atoms with van der Waals surface area (Å²) in [6.07, 6.45) is 6.50. The molecular formula is C21H18N2O2. The van der Waals surface area contributed by atoms with Crippen LogP contribution in [0.4, 0.5) is 0 Å². The summed E-state index contributed by atoms with van der Waals surface area (Å²) in [6, 6.07) is 21.2. The molecule has 3 rings (SSSR count). The van der Waals surface area contributed by atoms with Gasteiger partial charge in [0.05, 0.1) is 12.0 Å². The molecule has 1 heterocycles. The Hall–Kier alpha value is -3.40. The van der Waals surface area contributed by atoms with Crippen molar-refractivity contribution in [2.24, 2.45) is 7.05 Å². The van der Waals surface area contributed by atoms with E-state index >= 15 is 0 Å². The smallest absolute Gasteiger partial charge is 0.336 e. The monoisotopic (exact) mass is 330 g/mol. The molecule has 0 N–H and O–H groups in total. The van der Waals surface area contributed by atoms with E-state index in [9.17, 15) is 4.79 Å². The summed E-state index contributed by atoms with van der Waals surface area (Å²) in [4.78, 5) is 16.2. The highest BCUT2D eigenvalue weighted by atomic mass is 16.5. The Kier molecular flexibility index (Phi) is 5.22. The van der Waals surface area contributed by atoms with Gasteiger partial charge in [0.25, 0.3) is 0 Å². The van der Waals surface area contributed by atoms with Gasteiger partial charge in [-0.05, 0) is 29.0 Å². The lowest BCUT2D eigenvalue weighted by Gasteiger charge is -2.00. The summed E-state index contributed by atoms with van der Waals surface area (Å²) in [5, 5.41) is 2.04. The van der Waals surface area contributed by atoms with Crippen LogP contribution in [0.2, 0.25) is 0 Å². The molecule has 0 saturated heterocycles. The maximum absolute atomic E-state index is 12.1. The Morgan fingerprint density at radius 2 is 1.68 bits per heavy atom. The van der Waals surface area contributed by atoms with Crippen molar-refractivity contribution in [3.8, 4) is 5.75 Å². The second-order valence-electron chi connectivity index (χ2n) is 5.50. The van der Waals surface area contributed by atoms with Crippen molar-refractivity contribution in [3.63, 3.8) is 0 Å². The van der Waals surface area contributed by atoms with Crippen LogP contribution in [0.1, 0.15) is 5.69 Å². The summed E-state index contributed by atoms with van der Waals surface area (Å²) >= 11 is 0. The molecule has 0 bridgehead atoms. The predicted octanol–water partition coefficient (Wildman–Crippen LogP) is 4.32. The molecule has 0 fully saturated rings. The number of nitrogens with zero attached hydrogens (tertiary/aromatic N) is 2. The van der Waals surface area contributed by atoms with E-state index in [0.717, 1.165) is 10.8 Å². The zero-order chi connectivity index (χ0) is 17.5. The van der Waals surface area contributed by atoms with Crippen LogP contribution in [0.25, 0.3) is 16.8 Å². The summed E-state index contributed by atoms with van der Waals surface area (Å²) in [6.45, 7) is 0. The van der Waals surface area contributed by atoms with Crippen LogP contribution in [0.5, 0.6) is 5.75 Å². The Labute approximate surface area is 146 Å². The zero-order valence-electron chi connectivity index (χ0n) is 13.9. The fourth-order valence-corrected chi connectivity index (χ4v) is 2.32. The van der Waals surface area contributed by atoms with Gasteiger partial charge in [-0.2, -0.15) is 0 Å². The third-order valence-corrected chi connectivity index (χ3v) is 3.50. The minimum Gasteiger partial charge on any atom is -0.423 e. The third-order valence-electron chi connectivity index (χ3n) is 3.50. The van der Waals surface area contributed by atoms with Crippen molar-refractivity contribution in [2.75, 3.05) is 0 Å². The molecule has 25 heavy (non-hydrogen) atoms. The Bertz CT molecular complexity index is 972. The predicted molar refractivity (Wildman–Crippen MR) is 99.5 cm³/mol. The average molecular weight is 330 g/mol. The molecule has 3 aromatic rings. The molecule has 0 atom stereocenters. The summed E-state index contributed by atoms with van der Waals surface area (Å²) in [5.74, 6) is 0.0266. The lowest BCUT2D eigenvalue weighted by atomic mass is 10.1. The SMILES string of the molecule is Cn1cnc(/C=C\C(=O)Oc2ccccccc3ccccc3c2)c1. The number of hydrogen-bond donors (Lipinski definition) is 0. The van der Waals surface area contributed by atoms with E-state index in [1.807, 2.05) is 78.5 Å². The first-order valence-electron chi connectivity index (χ1n) is 7.91. The highest BCUT2D eigenvalue weighted by molar-refractivity contribution is 5.89. The maximum atomic E-state index is 12.1.